The molecule has 0 saturated heterocycles. The maximum Gasteiger partial charge on any atom is 0.0300 e. The summed E-state index contributed by atoms with van der Waals surface area (Å²) in [7, 11) is 0. The van der Waals surface area contributed by atoms with Gasteiger partial charge in [0.25, 0.3) is 0 Å². The lowest BCUT2D eigenvalue weighted by atomic mass is 9.96. The number of benzene rings is 2. The highest BCUT2D eigenvalue weighted by molar-refractivity contribution is 5.70. The topological polar surface area (TPSA) is 26.0 Å². The Morgan fingerprint density at radius 3 is 2.59 bits per heavy atom. The molecule has 17 heavy (non-hydrogen) atoms. The minimum Gasteiger partial charge on any atom is -0.324 e. The van der Waals surface area contributed by atoms with E-state index < -0.39 is 0 Å². The highest BCUT2D eigenvalue weighted by Crippen LogP contribution is 2.36. The zero-order chi connectivity index (χ0) is 11.8. The molecule has 1 aliphatic rings. The Labute approximate surface area is 102 Å². The van der Waals surface area contributed by atoms with Crippen LogP contribution in [-0.2, 0) is 6.42 Å². The van der Waals surface area contributed by atoms with Gasteiger partial charge in [0.1, 0.15) is 0 Å². The zero-order valence-electron chi connectivity index (χ0n) is 10.1. The molecule has 0 aromatic heterocycles. The Bertz CT molecular complexity index is 540. The van der Waals surface area contributed by atoms with Gasteiger partial charge in [-0.3, -0.25) is 0 Å². The van der Waals surface area contributed by atoms with Crippen LogP contribution in [0.5, 0.6) is 0 Å². The van der Waals surface area contributed by atoms with E-state index in [-0.39, 0.29) is 6.04 Å². The Hall–Kier alpha value is -1.60. The van der Waals surface area contributed by atoms with Gasteiger partial charge in [-0.15, -0.1) is 0 Å². The maximum absolute atomic E-state index is 6.12. The minimum atomic E-state index is 0.232. The van der Waals surface area contributed by atoms with Crippen LogP contribution in [-0.4, -0.2) is 0 Å². The number of aryl methyl sites for hydroxylation is 1. The molecule has 1 unspecified atom stereocenters. The molecule has 0 spiro atoms. The fourth-order valence-electron chi connectivity index (χ4n) is 2.69. The van der Waals surface area contributed by atoms with Gasteiger partial charge < -0.3 is 5.73 Å². The van der Waals surface area contributed by atoms with Crippen molar-refractivity contribution in [1.82, 2.24) is 0 Å². The number of nitrogens with two attached hydrogens (primary N) is 1. The molecule has 3 rings (SSSR count). The molecule has 86 valence electrons. The van der Waals surface area contributed by atoms with E-state index in [9.17, 15) is 0 Å². The average molecular weight is 223 g/mol. The summed E-state index contributed by atoms with van der Waals surface area (Å²) in [5.74, 6) is 0. The lowest BCUT2D eigenvalue weighted by Gasteiger charge is -2.10. The van der Waals surface area contributed by atoms with Gasteiger partial charge in [-0.05, 0) is 42.0 Å². The molecule has 2 N–H and O–H groups in total. The molecule has 1 atom stereocenters. The first-order valence-electron chi connectivity index (χ1n) is 6.20. The van der Waals surface area contributed by atoms with Crippen LogP contribution in [0.3, 0.4) is 0 Å². The van der Waals surface area contributed by atoms with Crippen molar-refractivity contribution in [3.63, 3.8) is 0 Å². The SMILES string of the molecule is Cc1ccc(-c2cccc3c2CCC3N)cc1. The molecule has 0 amide bonds. The summed E-state index contributed by atoms with van der Waals surface area (Å²) in [5.41, 5.74) is 12.9. The van der Waals surface area contributed by atoms with Crippen LogP contribution < -0.4 is 5.73 Å². The second-order valence-electron chi connectivity index (χ2n) is 4.88. The largest absolute Gasteiger partial charge is 0.324 e. The van der Waals surface area contributed by atoms with Gasteiger partial charge in [0.2, 0.25) is 0 Å². The van der Waals surface area contributed by atoms with Crippen molar-refractivity contribution in [2.24, 2.45) is 5.73 Å². The third kappa shape index (κ3) is 1.77. The van der Waals surface area contributed by atoms with Crippen LogP contribution in [0.15, 0.2) is 42.5 Å². The number of fused-ring (bicyclic) bond motifs is 1. The van der Waals surface area contributed by atoms with Crippen LogP contribution >= 0.6 is 0 Å². The second-order valence-corrected chi connectivity index (χ2v) is 4.88. The summed E-state index contributed by atoms with van der Waals surface area (Å²) in [6.07, 6.45) is 2.19. The fourth-order valence-corrected chi connectivity index (χ4v) is 2.69. The summed E-state index contributed by atoms with van der Waals surface area (Å²) in [6.45, 7) is 2.12. The Morgan fingerprint density at radius 2 is 1.82 bits per heavy atom. The van der Waals surface area contributed by atoms with Crippen molar-refractivity contribution in [2.45, 2.75) is 25.8 Å². The van der Waals surface area contributed by atoms with E-state index >= 15 is 0 Å². The van der Waals surface area contributed by atoms with E-state index in [0.29, 0.717) is 0 Å². The molecule has 0 bridgehead atoms. The first kappa shape index (κ1) is 10.5. The van der Waals surface area contributed by atoms with Gasteiger partial charge >= 0.3 is 0 Å². The monoisotopic (exact) mass is 223 g/mol. The number of rotatable bonds is 1. The van der Waals surface area contributed by atoms with Crippen LogP contribution in [0, 0.1) is 6.92 Å². The van der Waals surface area contributed by atoms with Crippen LogP contribution in [0.1, 0.15) is 29.2 Å². The first-order chi connectivity index (χ1) is 8.25. The van der Waals surface area contributed by atoms with E-state index in [0.717, 1.165) is 12.8 Å². The van der Waals surface area contributed by atoms with Gasteiger partial charge in [0.15, 0.2) is 0 Å². The highest BCUT2D eigenvalue weighted by atomic mass is 14.6. The van der Waals surface area contributed by atoms with Gasteiger partial charge in [0.05, 0.1) is 0 Å². The third-order valence-electron chi connectivity index (χ3n) is 3.68. The maximum atomic E-state index is 6.12. The summed E-state index contributed by atoms with van der Waals surface area (Å²) >= 11 is 0. The van der Waals surface area contributed by atoms with Gasteiger partial charge in [-0.2, -0.15) is 0 Å². The van der Waals surface area contributed by atoms with Crippen molar-refractivity contribution in [1.29, 1.82) is 0 Å². The average Bonchev–Trinajstić information content (AvgIpc) is 2.73. The molecule has 1 aliphatic carbocycles. The summed E-state index contributed by atoms with van der Waals surface area (Å²) in [4.78, 5) is 0. The van der Waals surface area contributed by atoms with Gasteiger partial charge in [0, 0.05) is 6.04 Å². The van der Waals surface area contributed by atoms with E-state index in [1.807, 2.05) is 0 Å². The van der Waals surface area contributed by atoms with Crippen molar-refractivity contribution in [3.8, 4) is 11.1 Å². The van der Waals surface area contributed by atoms with E-state index in [2.05, 4.69) is 49.4 Å². The Balaban J connectivity index is 2.13. The predicted molar refractivity (Wildman–Crippen MR) is 71.9 cm³/mol. The van der Waals surface area contributed by atoms with Gasteiger partial charge in [-0.25, -0.2) is 0 Å². The van der Waals surface area contributed by atoms with E-state index in [1.54, 1.807) is 0 Å². The smallest absolute Gasteiger partial charge is 0.0300 e. The quantitative estimate of drug-likeness (QED) is 0.785. The lowest BCUT2D eigenvalue weighted by molar-refractivity contribution is 0.713. The molecular formula is C16H17N. The molecule has 0 heterocycles. The first-order valence-corrected chi connectivity index (χ1v) is 6.20. The molecular weight excluding hydrogens is 206 g/mol. The zero-order valence-corrected chi connectivity index (χ0v) is 10.1. The molecule has 1 heteroatoms. The molecule has 2 aromatic carbocycles. The van der Waals surface area contributed by atoms with Crippen molar-refractivity contribution >= 4 is 0 Å². The molecule has 0 fully saturated rings. The van der Waals surface area contributed by atoms with Crippen LogP contribution in [0.25, 0.3) is 11.1 Å². The fraction of sp³-hybridized carbons (Fsp3) is 0.250. The van der Waals surface area contributed by atoms with E-state index in [1.165, 1.54) is 27.8 Å². The van der Waals surface area contributed by atoms with Crippen LogP contribution in [0.2, 0.25) is 0 Å². The van der Waals surface area contributed by atoms with Gasteiger partial charge in [-0.1, -0.05) is 48.0 Å². The normalized spacial score (nSPS) is 18.1. The minimum absolute atomic E-state index is 0.232. The van der Waals surface area contributed by atoms with Crippen LogP contribution in [0.4, 0.5) is 0 Å². The summed E-state index contributed by atoms with van der Waals surface area (Å²) in [5, 5.41) is 0. The predicted octanol–water partition coefficient (Wildman–Crippen LogP) is 3.61. The Kier molecular flexibility index (Phi) is 2.49. The standard InChI is InChI=1S/C16H17N/c1-11-5-7-12(8-6-11)13-3-2-4-15-14(13)9-10-16(15)17/h2-8,16H,9-10,17H2,1H3. The van der Waals surface area contributed by atoms with E-state index in [4.69, 9.17) is 5.73 Å². The molecule has 1 nitrogen and oxygen atoms in total. The summed E-state index contributed by atoms with van der Waals surface area (Å²) in [6, 6.07) is 15.5. The molecule has 0 saturated carbocycles. The molecule has 0 radical (unpaired) electrons. The Morgan fingerprint density at radius 1 is 1.06 bits per heavy atom. The molecule has 0 aliphatic heterocycles. The second kappa shape index (κ2) is 4.01. The van der Waals surface area contributed by atoms with Crippen molar-refractivity contribution < 1.29 is 0 Å². The molecule has 2 aromatic rings. The summed E-state index contributed by atoms with van der Waals surface area (Å²) < 4.78 is 0. The lowest BCUT2D eigenvalue weighted by Crippen LogP contribution is -2.04. The van der Waals surface area contributed by atoms with Crippen molar-refractivity contribution in [2.75, 3.05) is 0 Å². The third-order valence-corrected chi connectivity index (χ3v) is 3.68. The highest BCUT2D eigenvalue weighted by Gasteiger charge is 2.21. The number of hydrogen-bond donors (Lipinski definition) is 1. The number of hydrogen-bond acceptors (Lipinski definition) is 1. The van der Waals surface area contributed by atoms with Crippen molar-refractivity contribution in [3.05, 3.63) is 59.2 Å².